The van der Waals surface area contributed by atoms with Crippen LogP contribution in [0.5, 0.6) is 0 Å². The maximum atomic E-state index is 5.58. The average molecular weight is 306 g/mol. The first-order valence-corrected chi connectivity index (χ1v) is 6.14. The third-order valence-electron chi connectivity index (χ3n) is 2.08. The van der Waals surface area contributed by atoms with Crippen molar-refractivity contribution in [3.63, 3.8) is 0 Å². The Bertz CT molecular complexity index is 496. The molecule has 0 atom stereocenters. The highest BCUT2D eigenvalue weighted by Gasteiger charge is 1.96. The zero-order valence-electron chi connectivity index (χ0n) is 10.1. The Kier molecular flexibility index (Phi) is 5.72. The summed E-state index contributed by atoms with van der Waals surface area (Å²) < 4.78 is 0. The maximum Gasteiger partial charge on any atom is 0.223 e. The second-order valence-corrected chi connectivity index (χ2v) is 4.55. The molecule has 0 aliphatic rings. The lowest BCUT2D eigenvalue weighted by Gasteiger charge is -1.94. The molecular weight excluding hydrogens is 295 g/mol. The fourth-order valence-electron chi connectivity index (χ4n) is 0.900. The van der Waals surface area contributed by atoms with Crippen molar-refractivity contribution < 1.29 is 0 Å². The largest absolute Gasteiger partial charge is 0.226 e. The molecule has 0 aliphatic carbocycles. The second kappa shape index (κ2) is 6.83. The third kappa shape index (κ3) is 4.72. The summed E-state index contributed by atoms with van der Waals surface area (Å²) in [6.07, 6.45) is 3.29. The molecule has 2 aromatic heterocycles. The standard InChI is InChI=1S/C6H7ClN2.C5H4Cl2N2/c1-4-3-8-6(7)9-5(4)2;1-3-2-8-5(7)9-4(3)6/h3H,1-2H3;2H,1H3. The van der Waals surface area contributed by atoms with Crippen LogP contribution in [0.15, 0.2) is 12.4 Å². The molecule has 2 aromatic rings. The lowest BCUT2D eigenvalue weighted by molar-refractivity contribution is 1.06. The van der Waals surface area contributed by atoms with E-state index in [1.165, 1.54) is 0 Å². The molecule has 0 spiro atoms. The Balaban J connectivity index is 0.000000180. The van der Waals surface area contributed by atoms with Crippen molar-refractivity contribution in [3.05, 3.63) is 44.9 Å². The van der Waals surface area contributed by atoms with Crippen LogP contribution >= 0.6 is 34.8 Å². The Morgan fingerprint density at radius 2 is 1.28 bits per heavy atom. The quantitative estimate of drug-likeness (QED) is 0.548. The minimum atomic E-state index is 0.186. The summed E-state index contributed by atoms with van der Waals surface area (Å²) in [5.74, 6) is 0. The van der Waals surface area contributed by atoms with E-state index in [2.05, 4.69) is 19.9 Å². The Labute approximate surface area is 120 Å². The van der Waals surface area contributed by atoms with Gasteiger partial charge in [-0.25, -0.2) is 19.9 Å². The van der Waals surface area contributed by atoms with Crippen LogP contribution in [0.3, 0.4) is 0 Å². The van der Waals surface area contributed by atoms with E-state index in [1.54, 1.807) is 12.4 Å². The summed E-state index contributed by atoms with van der Waals surface area (Å²) in [5, 5.41) is 0.915. The minimum Gasteiger partial charge on any atom is -0.226 e. The normalized spacial score (nSPS) is 9.67. The molecule has 7 heteroatoms. The molecule has 0 saturated carbocycles. The van der Waals surface area contributed by atoms with E-state index >= 15 is 0 Å². The third-order valence-corrected chi connectivity index (χ3v) is 2.82. The summed E-state index contributed by atoms with van der Waals surface area (Å²) in [7, 11) is 0. The van der Waals surface area contributed by atoms with Gasteiger partial charge in [0.2, 0.25) is 10.6 Å². The van der Waals surface area contributed by atoms with Crippen molar-refractivity contribution in [2.24, 2.45) is 0 Å². The summed E-state index contributed by atoms with van der Waals surface area (Å²) >= 11 is 16.5. The first-order chi connectivity index (χ1) is 8.40. The number of aromatic nitrogens is 4. The number of hydrogen-bond acceptors (Lipinski definition) is 4. The highest BCUT2D eigenvalue weighted by atomic mass is 35.5. The highest BCUT2D eigenvalue weighted by Crippen LogP contribution is 2.11. The highest BCUT2D eigenvalue weighted by molar-refractivity contribution is 6.32. The van der Waals surface area contributed by atoms with Crippen LogP contribution in [0, 0.1) is 20.8 Å². The van der Waals surface area contributed by atoms with E-state index in [9.17, 15) is 0 Å². The van der Waals surface area contributed by atoms with Gasteiger partial charge >= 0.3 is 0 Å². The fourth-order valence-corrected chi connectivity index (χ4v) is 1.38. The molecule has 18 heavy (non-hydrogen) atoms. The number of nitrogens with zero attached hydrogens (tertiary/aromatic N) is 4. The summed E-state index contributed by atoms with van der Waals surface area (Å²) in [6.45, 7) is 5.67. The van der Waals surface area contributed by atoms with Gasteiger partial charge in [-0.3, -0.25) is 0 Å². The van der Waals surface area contributed by atoms with Crippen LogP contribution in [-0.2, 0) is 0 Å². The van der Waals surface area contributed by atoms with E-state index in [0.717, 1.165) is 16.8 Å². The average Bonchev–Trinajstić information content (AvgIpc) is 2.30. The van der Waals surface area contributed by atoms with E-state index in [4.69, 9.17) is 34.8 Å². The van der Waals surface area contributed by atoms with Gasteiger partial charge in [-0.1, -0.05) is 11.6 Å². The van der Waals surface area contributed by atoms with Crippen molar-refractivity contribution in [2.45, 2.75) is 20.8 Å². The van der Waals surface area contributed by atoms with Crippen molar-refractivity contribution in [1.29, 1.82) is 0 Å². The van der Waals surface area contributed by atoms with Crippen LogP contribution < -0.4 is 0 Å². The van der Waals surface area contributed by atoms with Crippen LogP contribution in [-0.4, -0.2) is 19.9 Å². The number of aryl methyl sites for hydroxylation is 3. The lowest BCUT2D eigenvalue weighted by Crippen LogP contribution is -1.88. The zero-order valence-corrected chi connectivity index (χ0v) is 12.3. The Hall–Kier alpha value is -0.970. The van der Waals surface area contributed by atoms with Gasteiger partial charge in [0, 0.05) is 23.7 Å². The molecule has 0 radical (unpaired) electrons. The topological polar surface area (TPSA) is 51.6 Å². The molecule has 0 fully saturated rings. The number of rotatable bonds is 0. The summed E-state index contributed by atoms with van der Waals surface area (Å²) in [4.78, 5) is 15.1. The molecule has 0 N–H and O–H groups in total. The fraction of sp³-hybridized carbons (Fsp3) is 0.273. The molecule has 0 bridgehead atoms. The predicted molar refractivity (Wildman–Crippen MR) is 73.3 cm³/mol. The van der Waals surface area contributed by atoms with Crippen LogP contribution in [0.2, 0.25) is 15.7 Å². The van der Waals surface area contributed by atoms with Gasteiger partial charge < -0.3 is 0 Å². The monoisotopic (exact) mass is 304 g/mol. The Morgan fingerprint density at radius 1 is 0.778 bits per heavy atom. The number of hydrogen-bond donors (Lipinski definition) is 0. The first-order valence-electron chi connectivity index (χ1n) is 5.00. The molecule has 4 nitrogen and oxygen atoms in total. The minimum absolute atomic E-state index is 0.186. The molecular formula is C11H11Cl3N4. The van der Waals surface area contributed by atoms with Gasteiger partial charge in [0.15, 0.2) is 0 Å². The Morgan fingerprint density at radius 3 is 1.67 bits per heavy atom. The summed E-state index contributed by atoms with van der Waals surface area (Å²) in [6, 6.07) is 0. The molecule has 2 heterocycles. The predicted octanol–water partition coefficient (Wildman–Crippen LogP) is 3.84. The number of halogens is 3. The molecule has 96 valence electrons. The van der Waals surface area contributed by atoms with E-state index < -0.39 is 0 Å². The van der Waals surface area contributed by atoms with E-state index in [0.29, 0.717) is 10.4 Å². The van der Waals surface area contributed by atoms with Crippen molar-refractivity contribution in [3.8, 4) is 0 Å². The van der Waals surface area contributed by atoms with E-state index in [1.807, 2.05) is 20.8 Å². The van der Waals surface area contributed by atoms with Gasteiger partial charge in [-0.15, -0.1) is 0 Å². The van der Waals surface area contributed by atoms with Gasteiger partial charge in [0.1, 0.15) is 5.15 Å². The zero-order chi connectivity index (χ0) is 13.7. The first kappa shape index (κ1) is 15.1. The summed E-state index contributed by atoms with van der Waals surface area (Å²) in [5.41, 5.74) is 2.84. The lowest BCUT2D eigenvalue weighted by atomic mass is 10.3. The van der Waals surface area contributed by atoms with Gasteiger partial charge in [-0.2, -0.15) is 0 Å². The smallest absolute Gasteiger partial charge is 0.223 e. The molecule has 2 rings (SSSR count). The molecule has 0 amide bonds. The van der Waals surface area contributed by atoms with Crippen molar-refractivity contribution in [1.82, 2.24) is 19.9 Å². The van der Waals surface area contributed by atoms with Gasteiger partial charge in [0.25, 0.3) is 0 Å². The van der Waals surface area contributed by atoms with E-state index in [-0.39, 0.29) is 5.28 Å². The van der Waals surface area contributed by atoms with Crippen molar-refractivity contribution >= 4 is 34.8 Å². The molecule has 0 unspecified atom stereocenters. The molecule has 0 aromatic carbocycles. The van der Waals surface area contributed by atoms with Gasteiger partial charge in [0.05, 0.1) is 0 Å². The molecule has 0 saturated heterocycles. The van der Waals surface area contributed by atoms with Gasteiger partial charge in [-0.05, 0) is 49.5 Å². The van der Waals surface area contributed by atoms with Crippen LogP contribution in [0.1, 0.15) is 16.8 Å². The van der Waals surface area contributed by atoms with Crippen molar-refractivity contribution in [2.75, 3.05) is 0 Å². The maximum absolute atomic E-state index is 5.58. The second-order valence-electron chi connectivity index (χ2n) is 3.52. The van der Waals surface area contributed by atoms with Crippen LogP contribution in [0.25, 0.3) is 0 Å². The van der Waals surface area contributed by atoms with Crippen LogP contribution in [0.4, 0.5) is 0 Å². The SMILES string of the molecule is Cc1cnc(Cl)nc1C.Cc1cnc(Cl)nc1Cl. The molecule has 0 aliphatic heterocycles.